The summed E-state index contributed by atoms with van der Waals surface area (Å²) in [5.41, 5.74) is 2.79. The third-order valence-corrected chi connectivity index (χ3v) is 2.69. The summed E-state index contributed by atoms with van der Waals surface area (Å²) < 4.78 is 5.73. The summed E-state index contributed by atoms with van der Waals surface area (Å²) in [6.07, 6.45) is 2.68. The Bertz CT molecular complexity index is 571. The SMILES string of the molecule is C/C(C=O)=C\c1cccc(OCc2ccccc2)c1. The van der Waals surface area contributed by atoms with Crippen LogP contribution in [0.15, 0.2) is 60.2 Å². The van der Waals surface area contributed by atoms with E-state index >= 15 is 0 Å². The molecule has 0 unspecified atom stereocenters. The number of rotatable bonds is 5. The van der Waals surface area contributed by atoms with Gasteiger partial charge in [0.1, 0.15) is 18.6 Å². The van der Waals surface area contributed by atoms with Crippen molar-refractivity contribution in [2.75, 3.05) is 0 Å². The van der Waals surface area contributed by atoms with Gasteiger partial charge in [0.15, 0.2) is 0 Å². The number of carbonyl (C=O) groups is 1. The van der Waals surface area contributed by atoms with Crippen LogP contribution in [-0.2, 0) is 11.4 Å². The molecule has 2 nitrogen and oxygen atoms in total. The van der Waals surface area contributed by atoms with E-state index in [2.05, 4.69) is 0 Å². The van der Waals surface area contributed by atoms with E-state index in [4.69, 9.17) is 4.74 Å². The second-order valence-corrected chi connectivity index (χ2v) is 4.35. The van der Waals surface area contributed by atoms with E-state index < -0.39 is 0 Å². The van der Waals surface area contributed by atoms with Crippen LogP contribution in [0.4, 0.5) is 0 Å². The lowest BCUT2D eigenvalue weighted by atomic mass is 10.1. The lowest BCUT2D eigenvalue weighted by Crippen LogP contribution is -1.95. The van der Waals surface area contributed by atoms with Gasteiger partial charge in [-0.05, 0) is 41.8 Å². The van der Waals surface area contributed by atoms with Gasteiger partial charge in [-0.3, -0.25) is 4.79 Å². The van der Waals surface area contributed by atoms with Gasteiger partial charge in [0.2, 0.25) is 0 Å². The summed E-state index contributed by atoms with van der Waals surface area (Å²) in [6, 6.07) is 17.7. The molecule has 0 aliphatic carbocycles. The van der Waals surface area contributed by atoms with Gasteiger partial charge in [-0.15, -0.1) is 0 Å². The number of aldehydes is 1. The van der Waals surface area contributed by atoms with Crippen LogP contribution < -0.4 is 4.74 Å². The van der Waals surface area contributed by atoms with Crippen molar-refractivity contribution >= 4 is 12.4 Å². The highest BCUT2D eigenvalue weighted by atomic mass is 16.5. The zero-order chi connectivity index (χ0) is 13.5. The monoisotopic (exact) mass is 252 g/mol. The minimum Gasteiger partial charge on any atom is -0.489 e. The first-order valence-electron chi connectivity index (χ1n) is 6.18. The topological polar surface area (TPSA) is 26.3 Å². The number of hydrogen-bond donors (Lipinski definition) is 0. The van der Waals surface area contributed by atoms with Gasteiger partial charge in [0.25, 0.3) is 0 Å². The lowest BCUT2D eigenvalue weighted by molar-refractivity contribution is -0.104. The van der Waals surface area contributed by atoms with Gasteiger partial charge in [0, 0.05) is 0 Å². The highest BCUT2D eigenvalue weighted by molar-refractivity contribution is 5.80. The molecule has 0 radical (unpaired) electrons. The van der Waals surface area contributed by atoms with Crippen LogP contribution in [0.25, 0.3) is 6.08 Å². The predicted octanol–water partition coefficient (Wildman–Crippen LogP) is 3.87. The fraction of sp³-hybridized carbons (Fsp3) is 0.118. The van der Waals surface area contributed by atoms with E-state index in [1.54, 1.807) is 6.92 Å². The van der Waals surface area contributed by atoms with Crippen LogP contribution in [0, 0.1) is 0 Å². The highest BCUT2D eigenvalue weighted by Gasteiger charge is 1.97. The third kappa shape index (κ3) is 4.11. The van der Waals surface area contributed by atoms with Crippen LogP contribution in [0.3, 0.4) is 0 Å². The third-order valence-electron chi connectivity index (χ3n) is 2.69. The smallest absolute Gasteiger partial charge is 0.145 e. The van der Waals surface area contributed by atoms with Crippen LogP contribution in [0.1, 0.15) is 18.1 Å². The Kier molecular flexibility index (Phi) is 4.51. The minimum absolute atomic E-state index is 0.542. The molecule has 0 aliphatic heterocycles. The molecule has 0 atom stereocenters. The molecule has 0 saturated carbocycles. The second-order valence-electron chi connectivity index (χ2n) is 4.35. The Hall–Kier alpha value is -2.35. The van der Waals surface area contributed by atoms with Gasteiger partial charge >= 0.3 is 0 Å². The second kappa shape index (κ2) is 6.55. The van der Waals surface area contributed by atoms with Crippen LogP contribution in [0.2, 0.25) is 0 Å². The zero-order valence-corrected chi connectivity index (χ0v) is 10.9. The number of benzene rings is 2. The first-order valence-corrected chi connectivity index (χ1v) is 6.18. The average molecular weight is 252 g/mol. The number of ether oxygens (including phenoxy) is 1. The fourth-order valence-corrected chi connectivity index (χ4v) is 1.73. The Morgan fingerprint density at radius 2 is 1.89 bits per heavy atom. The van der Waals surface area contributed by atoms with Gasteiger partial charge in [0.05, 0.1) is 0 Å². The number of hydrogen-bond acceptors (Lipinski definition) is 2. The van der Waals surface area contributed by atoms with Crippen LogP contribution >= 0.6 is 0 Å². The van der Waals surface area contributed by atoms with Crippen LogP contribution in [-0.4, -0.2) is 6.29 Å². The summed E-state index contributed by atoms with van der Waals surface area (Å²) in [6.45, 7) is 2.32. The molecular formula is C17H16O2. The summed E-state index contributed by atoms with van der Waals surface area (Å²) in [5, 5.41) is 0. The van der Waals surface area contributed by atoms with Crippen molar-refractivity contribution in [1.29, 1.82) is 0 Å². The van der Waals surface area contributed by atoms with Crippen molar-refractivity contribution in [3.05, 3.63) is 71.3 Å². The maximum absolute atomic E-state index is 10.6. The van der Waals surface area contributed by atoms with Gasteiger partial charge in [-0.25, -0.2) is 0 Å². The quantitative estimate of drug-likeness (QED) is 0.596. The normalized spacial score (nSPS) is 11.1. The van der Waals surface area contributed by atoms with E-state index in [9.17, 15) is 4.79 Å². The maximum Gasteiger partial charge on any atom is 0.145 e. The Labute approximate surface area is 113 Å². The minimum atomic E-state index is 0.542. The first-order chi connectivity index (χ1) is 9.28. The predicted molar refractivity (Wildman–Crippen MR) is 76.9 cm³/mol. The Morgan fingerprint density at radius 1 is 1.11 bits per heavy atom. The summed E-state index contributed by atoms with van der Waals surface area (Å²) >= 11 is 0. The molecule has 0 spiro atoms. The standard InChI is InChI=1S/C17H16O2/c1-14(12-18)10-16-8-5-9-17(11-16)19-13-15-6-3-2-4-7-15/h2-12H,13H2,1H3/b14-10+. The van der Waals surface area contributed by atoms with E-state index in [1.165, 1.54) is 0 Å². The molecule has 0 fully saturated rings. The molecular weight excluding hydrogens is 236 g/mol. The molecule has 2 aromatic carbocycles. The molecule has 0 heterocycles. The highest BCUT2D eigenvalue weighted by Crippen LogP contribution is 2.17. The fourth-order valence-electron chi connectivity index (χ4n) is 1.73. The number of carbonyl (C=O) groups excluding carboxylic acids is 1. The zero-order valence-electron chi connectivity index (χ0n) is 10.9. The summed E-state index contributed by atoms with van der Waals surface area (Å²) in [7, 11) is 0. The molecule has 0 aliphatic rings. The molecule has 2 heteroatoms. The van der Waals surface area contributed by atoms with E-state index in [1.807, 2.05) is 60.7 Å². The van der Waals surface area contributed by atoms with Gasteiger partial charge in [-0.2, -0.15) is 0 Å². The molecule has 2 rings (SSSR count). The molecule has 0 N–H and O–H groups in total. The summed E-state index contributed by atoms with van der Waals surface area (Å²) in [5.74, 6) is 0.802. The Balaban J connectivity index is 2.05. The largest absolute Gasteiger partial charge is 0.489 e. The molecule has 19 heavy (non-hydrogen) atoms. The molecule has 0 aromatic heterocycles. The Morgan fingerprint density at radius 3 is 2.63 bits per heavy atom. The van der Waals surface area contributed by atoms with Crippen molar-refractivity contribution in [3.8, 4) is 5.75 Å². The van der Waals surface area contributed by atoms with Gasteiger partial charge < -0.3 is 4.74 Å². The van der Waals surface area contributed by atoms with Crippen molar-refractivity contribution in [2.24, 2.45) is 0 Å². The van der Waals surface area contributed by atoms with Crippen molar-refractivity contribution in [1.82, 2.24) is 0 Å². The van der Waals surface area contributed by atoms with Crippen molar-refractivity contribution in [2.45, 2.75) is 13.5 Å². The van der Waals surface area contributed by atoms with Crippen molar-refractivity contribution < 1.29 is 9.53 Å². The molecule has 2 aromatic rings. The average Bonchev–Trinajstić information content (AvgIpc) is 2.46. The molecule has 0 bridgehead atoms. The van der Waals surface area contributed by atoms with E-state index in [0.29, 0.717) is 12.2 Å². The van der Waals surface area contributed by atoms with E-state index in [-0.39, 0.29) is 0 Å². The number of allylic oxidation sites excluding steroid dienone is 1. The van der Waals surface area contributed by atoms with Crippen LogP contribution in [0.5, 0.6) is 5.75 Å². The lowest BCUT2D eigenvalue weighted by Gasteiger charge is -2.07. The summed E-state index contributed by atoms with van der Waals surface area (Å²) in [4.78, 5) is 10.6. The molecule has 96 valence electrons. The molecule has 0 amide bonds. The van der Waals surface area contributed by atoms with Crippen molar-refractivity contribution in [3.63, 3.8) is 0 Å². The van der Waals surface area contributed by atoms with E-state index in [0.717, 1.165) is 23.2 Å². The first kappa shape index (κ1) is 13.1. The van der Waals surface area contributed by atoms with Gasteiger partial charge in [-0.1, -0.05) is 42.5 Å². The maximum atomic E-state index is 10.6. The molecule has 0 saturated heterocycles.